The maximum Gasteiger partial charge on any atom is 0.471 e. The largest absolute Gasteiger partial charge is 0.471 e. The van der Waals surface area contributed by atoms with Crippen LogP contribution in [0.4, 0.5) is 18.0 Å². The molecule has 1 aliphatic rings. The normalized spacial score (nSPS) is 15.0. The van der Waals surface area contributed by atoms with Crippen LogP contribution in [0.3, 0.4) is 0 Å². The lowest BCUT2D eigenvalue weighted by atomic mass is 10.00. The van der Waals surface area contributed by atoms with Crippen molar-refractivity contribution in [1.29, 1.82) is 0 Å². The molecule has 0 spiro atoms. The van der Waals surface area contributed by atoms with Gasteiger partial charge in [-0.1, -0.05) is 18.2 Å². The number of carbonyl (C=O) groups is 2. The molecule has 8 heteroatoms. The van der Waals surface area contributed by atoms with Crippen LogP contribution in [0.15, 0.2) is 18.2 Å². The van der Waals surface area contributed by atoms with Crippen LogP contribution in [0.1, 0.15) is 16.7 Å². The predicted octanol–water partition coefficient (Wildman–Crippen LogP) is 1.94. The summed E-state index contributed by atoms with van der Waals surface area (Å²) >= 11 is 0. The van der Waals surface area contributed by atoms with Gasteiger partial charge in [-0.2, -0.15) is 13.2 Å². The molecule has 120 valence electrons. The standard InChI is InChI=1S/C14H15F3N2O3/c15-14(16,17)12(20)19-5-3-10-2-1-9(8-18-13(21)22)7-11(10)4-6-19/h1-2,7,18H,3-6,8H2,(H,21,22). The first-order valence-corrected chi connectivity index (χ1v) is 6.71. The van der Waals surface area contributed by atoms with E-state index >= 15 is 0 Å². The summed E-state index contributed by atoms with van der Waals surface area (Å²) in [5.41, 5.74) is 2.47. The fourth-order valence-electron chi connectivity index (χ4n) is 2.45. The van der Waals surface area contributed by atoms with Crippen LogP contribution in [0.5, 0.6) is 0 Å². The third kappa shape index (κ3) is 3.90. The summed E-state index contributed by atoms with van der Waals surface area (Å²) in [6, 6.07) is 5.28. The van der Waals surface area contributed by atoms with E-state index in [1.165, 1.54) is 0 Å². The van der Waals surface area contributed by atoms with Gasteiger partial charge in [-0.15, -0.1) is 0 Å². The first kappa shape index (κ1) is 16.1. The first-order valence-electron chi connectivity index (χ1n) is 6.71. The molecule has 22 heavy (non-hydrogen) atoms. The predicted molar refractivity (Wildman–Crippen MR) is 71.3 cm³/mol. The van der Waals surface area contributed by atoms with Crippen LogP contribution < -0.4 is 5.32 Å². The average molecular weight is 316 g/mol. The molecule has 5 nitrogen and oxygen atoms in total. The van der Waals surface area contributed by atoms with E-state index in [9.17, 15) is 22.8 Å². The molecule has 0 aromatic heterocycles. The molecule has 2 amide bonds. The van der Waals surface area contributed by atoms with Gasteiger partial charge in [-0.3, -0.25) is 4.79 Å². The van der Waals surface area contributed by atoms with Crippen LogP contribution >= 0.6 is 0 Å². The molecule has 1 aliphatic heterocycles. The first-order chi connectivity index (χ1) is 10.3. The number of carbonyl (C=O) groups excluding carboxylic acids is 1. The van der Waals surface area contributed by atoms with E-state index in [0.717, 1.165) is 21.6 Å². The summed E-state index contributed by atoms with van der Waals surface area (Å²) < 4.78 is 37.4. The summed E-state index contributed by atoms with van der Waals surface area (Å²) in [5.74, 6) is -1.81. The molecule has 0 saturated carbocycles. The van der Waals surface area contributed by atoms with Crippen molar-refractivity contribution in [2.24, 2.45) is 0 Å². The van der Waals surface area contributed by atoms with Crippen LogP contribution in [0, 0.1) is 0 Å². The maximum absolute atomic E-state index is 12.5. The van der Waals surface area contributed by atoms with Gasteiger partial charge in [0.15, 0.2) is 0 Å². The van der Waals surface area contributed by atoms with Crippen LogP contribution in [-0.2, 0) is 24.2 Å². The molecular formula is C14H15F3N2O3. The second-order valence-electron chi connectivity index (χ2n) is 5.05. The molecule has 0 fully saturated rings. The maximum atomic E-state index is 12.5. The molecule has 1 aromatic rings. The second-order valence-corrected chi connectivity index (χ2v) is 5.05. The van der Waals surface area contributed by atoms with Gasteiger partial charge in [0.05, 0.1) is 0 Å². The quantitative estimate of drug-likeness (QED) is 0.876. The number of benzene rings is 1. The molecule has 0 bridgehead atoms. The fourth-order valence-corrected chi connectivity index (χ4v) is 2.45. The number of nitrogens with zero attached hydrogens (tertiary/aromatic N) is 1. The van der Waals surface area contributed by atoms with Crippen LogP contribution in [0.25, 0.3) is 0 Å². The minimum Gasteiger partial charge on any atom is -0.465 e. The molecule has 2 rings (SSSR count). The van der Waals surface area contributed by atoms with Crippen molar-refractivity contribution >= 4 is 12.0 Å². The molecule has 1 aromatic carbocycles. The van der Waals surface area contributed by atoms with E-state index in [1.54, 1.807) is 18.2 Å². The van der Waals surface area contributed by atoms with Crippen molar-refractivity contribution in [3.8, 4) is 0 Å². The molecule has 0 saturated heterocycles. The van der Waals surface area contributed by atoms with Gasteiger partial charge in [0.2, 0.25) is 0 Å². The number of carboxylic acid groups (broad SMARTS) is 1. The fraction of sp³-hybridized carbons (Fsp3) is 0.429. The molecule has 0 unspecified atom stereocenters. The van der Waals surface area contributed by atoms with Crippen molar-refractivity contribution in [2.75, 3.05) is 13.1 Å². The van der Waals surface area contributed by atoms with E-state index in [2.05, 4.69) is 5.32 Å². The van der Waals surface area contributed by atoms with E-state index in [-0.39, 0.29) is 19.6 Å². The van der Waals surface area contributed by atoms with Crippen molar-refractivity contribution in [1.82, 2.24) is 10.2 Å². The van der Waals surface area contributed by atoms with Gasteiger partial charge in [0.1, 0.15) is 0 Å². The number of alkyl halides is 3. The zero-order chi connectivity index (χ0) is 16.3. The van der Waals surface area contributed by atoms with Gasteiger partial charge in [-0.25, -0.2) is 4.79 Å². The third-order valence-electron chi connectivity index (χ3n) is 3.55. The average Bonchev–Trinajstić information content (AvgIpc) is 2.65. The zero-order valence-electron chi connectivity index (χ0n) is 11.6. The molecular weight excluding hydrogens is 301 g/mol. The Balaban J connectivity index is 2.08. The Morgan fingerprint density at radius 2 is 1.82 bits per heavy atom. The Kier molecular flexibility index (Phi) is 4.58. The number of amides is 2. The zero-order valence-corrected chi connectivity index (χ0v) is 11.6. The van der Waals surface area contributed by atoms with Gasteiger partial charge in [0, 0.05) is 19.6 Å². The highest BCUT2D eigenvalue weighted by atomic mass is 19.4. The number of halogens is 3. The molecule has 0 atom stereocenters. The Hall–Kier alpha value is -2.25. The van der Waals surface area contributed by atoms with Crippen molar-refractivity contribution in [3.05, 3.63) is 34.9 Å². The van der Waals surface area contributed by atoms with Crippen molar-refractivity contribution in [2.45, 2.75) is 25.6 Å². The van der Waals surface area contributed by atoms with E-state index < -0.39 is 18.2 Å². The SMILES string of the molecule is O=C(O)NCc1ccc2c(c1)CCN(C(=O)C(F)(F)F)CC2. The van der Waals surface area contributed by atoms with E-state index in [0.29, 0.717) is 12.8 Å². The smallest absolute Gasteiger partial charge is 0.465 e. The lowest BCUT2D eigenvalue weighted by Gasteiger charge is -2.21. The Labute approximate surface area is 124 Å². The topological polar surface area (TPSA) is 69.6 Å². The van der Waals surface area contributed by atoms with Crippen molar-refractivity contribution in [3.63, 3.8) is 0 Å². The highest BCUT2D eigenvalue weighted by molar-refractivity contribution is 5.82. The summed E-state index contributed by atoms with van der Waals surface area (Å²) in [5, 5.41) is 10.8. The van der Waals surface area contributed by atoms with Crippen LogP contribution in [-0.4, -0.2) is 41.3 Å². The van der Waals surface area contributed by atoms with E-state index in [1.807, 2.05) is 0 Å². The van der Waals surface area contributed by atoms with Gasteiger partial charge in [-0.05, 0) is 29.5 Å². The summed E-state index contributed by atoms with van der Waals surface area (Å²) in [4.78, 5) is 22.6. The third-order valence-corrected chi connectivity index (χ3v) is 3.55. The number of hydrogen-bond donors (Lipinski definition) is 2. The summed E-state index contributed by atoms with van der Waals surface area (Å²) in [6.07, 6.45) is -5.33. The number of hydrogen-bond acceptors (Lipinski definition) is 2. The van der Waals surface area contributed by atoms with Gasteiger partial charge >= 0.3 is 18.2 Å². The highest BCUT2D eigenvalue weighted by Crippen LogP contribution is 2.23. The number of fused-ring (bicyclic) bond motifs is 1. The molecule has 1 heterocycles. The molecule has 0 aliphatic carbocycles. The Bertz CT molecular complexity index is 587. The Morgan fingerprint density at radius 1 is 1.18 bits per heavy atom. The molecule has 2 N–H and O–H groups in total. The lowest BCUT2D eigenvalue weighted by molar-refractivity contribution is -0.185. The lowest BCUT2D eigenvalue weighted by Crippen LogP contribution is -2.42. The monoisotopic (exact) mass is 316 g/mol. The Morgan fingerprint density at radius 3 is 2.41 bits per heavy atom. The number of nitrogens with one attached hydrogen (secondary N) is 1. The summed E-state index contributed by atoms with van der Waals surface area (Å²) in [6.45, 7) is 0.160. The minimum absolute atomic E-state index is 0.00115. The molecule has 0 radical (unpaired) electrons. The van der Waals surface area contributed by atoms with Crippen molar-refractivity contribution < 1.29 is 27.9 Å². The highest BCUT2D eigenvalue weighted by Gasteiger charge is 2.42. The summed E-state index contributed by atoms with van der Waals surface area (Å²) in [7, 11) is 0. The van der Waals surface area contributed by atoms with E-state index in [4.69, 9.17) is 5.11 Å². The van der Waals surface area contributed by atoms with Gasteiger partial charge < -0.3 is 15.3 Å². The second kappa shape index (κ2) is 6.25. The van der Waals surface area contributed by atoms with Gasteiger partial charge in [0.25, 0.3) is 0 Å². The van der Waals surface area contributed by atoms with Crippen LogP contribution in [0.2, 0.25) is 0 Å². The number of rotatable bonds is 2. The minimum atomic E-state index is -4.85.